The molecule has 0 amide bonds. The largest absolute Gasteiger partial charge is 0.450 e. The van der Waals surface area contributed by atoms with E-state index in [2.05, 4.69) is 0 Å². The van der Waals surface area contributed by atoms with Crippen LogP contribution in [0.4, 0.5) is 13.2 Å². The molecule has 0 radical (unpaired) electrons. The maximum atomic E-state index is 12.3. The van der Waals surface area contributed by atoms with Gasteiger partial charge in [0.15, 0.2) is 5.78 Å². The van der Waals surface area contributed by atoms with Gasteiger partial charge in [-0.2, -0.15) is 13.2 Å². The minimum atomic E-state index is -4.98. The molecule has 0 saturated carbocycles. The van der Waals surface area contributed by atoms with E-state index in [1.807, 2.05) is 0 Å². The Labute approximate surface area is 106 Å². The lowest BCUT2D eigenvalue weighted by Gasteiger charge is -2.23. The van der Waals surface area contributed by atoms with Gasteiger partial charge in [0.2, 0.25) is 5.78 Å². The molecule has 1 aromatic carbocycles. The van der Waals surface area contributed by atoms with Gasteiger partial charge < -0.3 is 0 Å². The van der Waals surface area contributed by atoms with Crippen LogP contribution in [0.2, 0.25) is 5.02 Å². The van der Waals surface area contributed by atoms with E-state index in [9.17, 15) is 22.8 Å². The van der Waals surface area contributed by atoms with E-state index in [-0.39, 0.29) is 23.4 Å². The SMILES string of the molecule is O=C1c2cc(Cl)ccc2CCC1C(=O)C(F)(F)F. The highest BCUT2D eigenvalue weighted by Gasteiger charge is 2.47. The Balaban J connectivity index is 2.36. The number of aryl methyl sites for hydroxylation is 1. The predicted octanol–water partition coefficient (Wildman–Crippen LogP) is 3.22. The number of Topliss-reactive ketones (excluding diaryl/α,β-unsaturated/α-hetero) is 2. The molecule has 0 aliphatic heterocycles. The van der Waals surface area contributed by atoms with Crippen molar-refractivity contribution in [3.05, 3.63) is 34.3 Å². The molecular formula is C12H8ClF3O2. The molecule has 6 heteroatoms. The van der Waals surface area contributed by atoms with Crippen molar-refractivity contribution in [2.75, 3.05) is 0 Å². The summed E-state index contributed by atoms with van der Waals surface area (Å²) < 4.78 is 37.0. The van der Waals surface area contributed by atoms with E-state index >= 15 is 0 Å². The van der Waals surface area contributed by atoms with Crippen molar-refractivity contribution < 1.29 is 22.8 Å². The van der Waals surface area contributed by atoms with Crippen molar-refractivity contribution in [3.63, 3.8) is 0 Å². The number of carbonyl (C=O) groups is 2. The van der Waals surface area contributed by atoms with Gasteiger partial charge in [0.1, 0.15) is 0 Å². The highest BCUT2D eigenvalue weighted by Crippen LogP contribution is 2.32. The third kappa shape index (κ3) is 2.27. The second-order valence-corrected chi connectivity index (χ2v) is 4.56. The fraction of sp³-hybridized carbons (Fsp3) is 0.333. The van der Waals surface area contributed by atoms with Gasteiger partial charge in [0.05, 0.1) is 5.92 Å². The lowest BCUT2D eigenvalue weighted by atomic mass is 9.80. The quantitative estimate of drug-likeness (QED) is 0.738. The van der Waals surface area contributed by atoms with Crippen LogP contribution in [0.1, 0.15) is 22.3 Å². The van der Waals surface area contributed by atoms with Gasteiger partial charge >= 0.3 is 6.18 Å². The van der Waals surface area contributed by atoms with Crippen LogP contribution in [-0.4, -0.2) is 17.7 Å². The van der Waals surface area contributed by atoms with E-state index in [1.165, 1.54) is 6.07 Å². The molecule has 18 heavy (non-hydrogen) atoms. The first kappa shape index (κ1) is 13.1. The smallest absolute Gasteiger partial charge is 0.293 e. The first-order valence-corrected chi connectivity index (χ1v) is 5.62. The van der Waals surface area contributed by atoms with E-state index < -0.39 is 23.7 Å². The number of carbonyl (C=O) groups excluding carboxylic acids is 2. The zero-order valence-corrected chi connectivity index (χ0v) is 9.81. The summed E-state index contributed by atoms with van der Waals surface area (Å²) in [4.78, 5) is 23.0. The van der Waals surface area contributed by atoms with Gasteiger partial charge in [-0.1, -0.05) is 17.7 Å². The van der Waals surface area contributed by atoms with Crippen molar-refractivity contribution >= 4 is 23.2 Å². The summed E-state index contributed by atoms with van der Waals surface area (Å²) in [7, 11) is 0. The normalized spacial score (nSPS) is 19.6. The maximum Gasteiger partial charge on any atom is 0.450 e. The Morgan fingerprint density at radius 2 is 2.00 bits per heavy atom. The van der Waals surface area contributed by atoms with E-state index in [1.54, 1.807) is 12.1 Å². The Kier molecular flexibility index (Phi) is 3.19. The van der Waals surface area contributed by atoms with Crippen LogP contribution in [0.5, 0.6) is 0 Å². The Bertz CT molecular complexity index is 523. The van der Waals surface area contributed by atoms with Crippen molar-refractivity contribution in [3.8, 4) is 0 Å². The predicted molar refractivity (Wildman–Crippen MR) is 58.7 cm³/mol. The molecule has 96 valence electrons. The van der Waals surface area contributed by atoms with Crippen molar-refractivity contribution in [2.45, 2.75) is 19.0 Å². The molecule has 1 aromatic rings. The average Bonchev–Trinajstić information content (AvgIpc) is 2.28. The molecule has 1 unspecified atom stereocenters. The summed E-state index contributed by atoms with van der Waals surface area (Å²) in [5.74, 6) is -4.39. The number of ketones is 2. The third-order valence-corrected chi connectivity index (χ3v) is 3.19. The molecular weight excluding hydrogens is 269 g/mol. The van der Waals surface area contributed by atoms with Crippen molar-refractivity contribution in [1.82, 2.24) is 0 Å². The van der Waals surface area contributed by atoms with E-state index in [4.69, 9.17) is 11.6 Å². The molecule has 1 aliphatic carbocycles. The number of fused-ring (bicyclic) bond motifs is 1. The Morgan fingerprint density at radius 3 is 2.61 bits per heavy atom. The first-order chi connectivity index (χ1) is 8.30. The summed E-state index contributed by atoms with van der Waals surface area (Å²) in [5.41, 5.74) is 0.756. The molecule has 0 saturated heterocycles. The minimum Gasteiger partial charge on any atom is -0.293 e. The molecule has 2 rings (SSSR count). The summed E-state index contributed by atoms with van der Waals surface area (Å²) in [5, 5.41) is 0.266. The zero-order chi connectivity index (χ0) is 13.5. The molecule has 0 bridgehead atoms. The topological polar surface area (TPSA) is 34.1 Å². The molecule has 0 N–H and O–H groups in total. The lowest BCUT2D eigenvalue weighted by molar-refractivity contribution is -0.174. The van der Waals surface area contributed by atoms with Crippen molar-refractivity contribution in [2.24, 2.45) is 5.92 Å². The number of hydrogen-bond donors (Lipinski definition) is 0. The Morgan fingerprint density at radius 1 is 1.33 bits per heavy atom. The molecule has 1 aliphatic rings. The van der Waals surface area contributed by atoms with E-state index in [0.29, 0.717) is 5.56 Å². The van der Waals surface area contributed by atoms with Gasteiger partial charge in [-0.3, -0.25) is 9.59 Å². The van der Waals surface area contributed by atoms with Gasteiger partial charge in [0.25, 0.3) is 0 Å². The standard InChI is InChI=1S/C12H8ClF3O2/c13-7-3-1-6-2-4-8(10(17)9(6)5-7)11(18)12(14,15)16/h1,3,5,8H,2,4H2. The molecule has 2 nitrogen and oxygen atoms in total. The van der Waals surface area contributed by atoms with Gasteiger partial charge in [-0.15, -0.1) is 0 Å². The molecule has 0 spiro atoms. The number of rotatable bonds is 1. The van der Waals surface area contributed by atoms with Crippen LogP contribution < -0.4 is 0 Å². The minimum absolute atomic E-state index is 0.105. The second kappa shape index (κ2) is 4.39. The zero-order valence-electron chi connectivity index (χ0n) is 9.05. The second-order valence-electron chi connectivity index (χ2n) is 4.12. The fourth-order valence-electron chi connectivity index (χ4n) is 2.06. The highest BCUT2D eigenvalue weighted by atomic mass is 35.5. The van der Waals surface area contributed by atoms with Crippen LogP contribution in [0.3, 0.4) is 0 Å². The molecule has 0 heterocycles. The van der Waals surface area contributed by atoms with Crippen LogP contribution in [0.25, 0.3) is 0 Å². The third-order valence-electron chi connectivity index (χ3n) is 2.95. The average molecular weight is 277 g/mol. The molecule has 0 fully saturated rings. The summed E-state index contributed by atoms with van der Waals surface area (Å²) >= 11 is 5.70. The van der Waals surface area contributed by atoms with E-state index in [0.717, 1.165) is 0 Å². The van der Waals surface area contributed by atoms with Gasteiger partial charge in [-0.25, -0.2) is 0 Å². The van der Waals surface area contributed by atoms with Crippen LogP contribution >= 0.6 is 11.6 Å². The summed E-state index contributed by atoms with van der Waals surface area (Å²) in [6.07, 6.45) is -4.81. The van der Waals surface area contributed by atoms with Crippen LogP contribution in [0, 0.1) is 5.92 Å². The number of halogens is 4. The number of hydrogen-bond acceptors (Lipinski definition) is 2. The number of benzene rings is 1. The monoisotopic (exact) mass is 276 g/mol. The molecule has 0 aromatic heterocycles. The Hall–Kier alpha value is -1.36. The van der Waals surface area contributed by atoms with Gasteiger partial charge in [0, 0.05) is 10.6 Å². The van der Waals surface area contributed by atoms with Crippen LogP contribution in [0.15, 0.2) is 18.2 Å². The fourth-order valence-corrected chi connectivity index (χ4v) is 2.23. The number of alkyl halides is 3. The van der Waals surface area contributed by atoms with Crippen molar-refractivity contribution in [1.29, 1.82) is 0 Å². The summed E-state index contributed by atoms with van der Waals surface area (Å²) in [6.45, 7) is 0. The summed E-state index contributed by atoms with van der Waals surface area (Å²) in [6, 6.07) is 4.48. The lowest BCUT2D eigenvalue weighted by Crippen LogP contribution is -2.38. The maximum absolute atomic E-state index is 12.3. The highest BCUT2D eigenvalue weighted by molar-refractivity contribution is 6.31. The first-order valence-electron chi connectivity index (χ1n) is 5.24. The van der Waals surface area contributed by atoms with Crippen LogP contribution in [-0.2, 0) is 11.2 Å². The van der Waals surface area contributed by atoms with Gasteiger partial charge in [-0.05, 0) is 30.5 Å². The molecule has 1 atom stereocenters.